The average molecular weight is 308 g/mol. The molecule has 3 heterocycles. The minimum atomic E-state index is 0.280. The van der Waals surface area contributed by atoms with E-state index in [4.69, 9.17) is 4.74 Å². The van der Waals surface area contributed by atoms with Crippen LogP contribution in [0.15, 0.2) is 35.5 Å². The smallest absolute Gasteiger partial charge is 0.324 e. The monoisotopic (exact) mass is 308 g/mol. The molecule has 3 aromatic rings. The third-order valence-electron chi connectivity index (χ3n) is 3.70. The lowest BCUT2D eigenvalue weighted by atomic mass is 10.2. The van der Waals surface area contributed by atoms with Gasteiger partial charge in [-0.3, -0.25) is 4.99 Å². The number of likely N-dealkylation sites (N-methyl/N-ethyl adjacent to an activating group) is 1. The van der Waals surface area contributed by atoms with Gasteiger partial charge in [0.15, 0.2) is 5.65 Å². The van der Waals surface area contributed by atoms with Crippen LogP contribution in [0.25, 0.3) is 11.2 Å². The maximum absolute atomic E-state index is 5.78. The highest BCUT2D eigenvalue weighted by Gasteiger charge is 2.15. The highest BCUT2D eigenvalue weighted by Crippen LogP contribution is 2.22. The van der Waals surface area contributed by atoms with Crippen LogP contribution in [-0.4, -0.2) is 50.8 Å². The van der Waals surface area contributed by atoms with Crippen LogP contribution in [0.5, 0.6) is 11.8 Å². The molecule has 0 atom stereocenters. The van der Waals surface area contributed by atoms with E-state index in [-0.39, 0.29) is 6.01 Å². The number of fused-ring (bicyclic) bond motifs is 1. The first-order valence-corrected chi connectivity index (χ1v) is 7.42. The zero-order chi connectivity index (χ0) is 15.8. The summed E-state index contributed by atoms with van der Waals surface area (Å²) in [7, 11) is 2.04. The number of hydrogen-bond acceptors (Lipinski definition) is 6. The van der Waals surface area contributed by atoms with Crippen LogP contribution in [0.2, 0.25) is 0 Å². The van der Waals surface area contributed by atoms with Crippen molar-refractivity contribution in [3.63, 3.8) is 0 Å². The summed E-state index contributed by atoms with van der Waals surface area (Å²) in [5.74, 6) is 2.46. The van der Waals surface area contributed by atoms with E-state index in [1.165, 1.54) is 0 Å². The highest BCUT2D eigenvalue weighted by molar-refractivity contribution is 5.99. The number of aromatic nitrogens is 4. The molecule has 7 heteroatoms. The van der Waals surface area contributed by atoms with Gasteiger partial charge in [-0.1, -0.05) is 12.1 Å². The molecule has 116 valence electrons. The molecule has 0 amide bonds. The summed E-state index contributed by atoms with van der Waals surface area (Å²) in [6.45, 7) is 3.65. The molecule has 0 saturated heterocycles. The van der Waals surface area contributed by atoms with Crippen LogP contribution in [0, 0.1) is 6.92 Å². The molecule has 7 nitrogen and oxygen atoms in total. The van der Waals surface area contributed by atoms with E-state index in [9.17, 15) is 0 Å². The fraction of sp³-hybridized carbons (Fsp3) is 0.250. The normalized spacial score (nSPS) is 14.3. The minimum Gasteiger partial charge on any atom is -0.424 e. The Morgan fingerprint density at radius 3 is 3.00 bits per heavy atom. The molecule has 1 aliphatic rings. The number of ether oxygens (including phenoxy) is 1. The first kappa shape index (κ1) is 13.7. The molecule has 0 bridgehead atoms. The topological polar surface area (TPSA) is 79.3 Å². The zero-order valence-corrected chi connectivity index (χ0v) is 12.9. The van der Waals surface area contributed by atoms with Gasteiger partial charge in [-0.2, -0.15) is 4.98 Å². The second-order valence-corrected chi connectivity index (χ2v) is 5.47. The maximum atomic E-state index is 5.78. The molecule has 1 N–H and O–H groups in total. The van der Waals surface area contributed by atoms with Gasteiger partial charge < -0.3 is 14.6 Å². The van der Waals surface area contributed by atoms with Gasteiger partial charge in [0.1, 0.15) is 22.9 Å². The molecule has 23 heavy (non-hydrogen) atoms. The first-order chi connectivity index (χ1) is 11.2. The number of aliphatic imine (C=N–C) groups is 1. The number of hydrogen-bond donors (Lipinski definition) is 1. The van der Waals surface area contributed by atoms with Gasteiger partial charge >= 0.3 is 6.01 Å². The molecular formula is C16H16N6O. The number of rotatable bonds is 3. The number of H-pyrrole nitrogens is 1. The lowest BCUT2D eigenvalue weighted by Crippen LogP contribution is -2.23. The first-order valence-electron chi connectivity index (χ1n) is 7.42. The molecule has 0 unspecified atom stereocenters. The van der Waals surface area contributed by atoms with Crippen molar-refractivity contribution in [1.82, 2.24) is 24.8 Å². The lowest BCUT2D eigenvalue weighted by molar-refractivity contribution is 0.443. The van der Waals surface area contributed by atoms with Gasteiger partial charge in [0, 0.05) is 19.2 Å². The predicted octanol–water partition coefficient (Wildman–Crippen LogP) is 2.15. The SMILES string of the molecule is Cc1nc2nc(Oc3cccc(C4=NCCN4C)c3)ncc2[nH]1. The Hall–Kier alpha value is -2.96. The lowest BCUT2D eigenvalue weighted by Gasteiger charge is -2.14. The summed E-state index contributed by atoms with van der Waals surface area (Å²) in [4.78, 5) is 22.6. The van der Waals surface area contributed by atoms with Crippen molar-refractivity contribution in [2.75, 3.05) is 20.1 Å². The van der Waals surface area contributed by atoms with Gasteiger partial charge in [-0.25, -0.2) is 9.97 Å². The minimum absolute atomic E-state index is 0.280. The Morgan fingerprint density at radius 1 is 1.26 bits per heavy atom. The van der Waals surface area contributed by atoms with Crippen molar-refractivity contribution in [2.45, 2.75) is 6.92 Å². The van der Waals surface area contributed by atoms with Gasteiger partial charge in [0.25, 0.3) is 0 Å². The molecule has 0 spiro atoms. The van der Waals surface area contributed by atoms with Crippen molar-refractivity contribution < 1.29 is 4.74 Å². The van der Waals surface area contributed by atoms with Crippen LogP contribution >= 0.6 is 0 Å². The molecule has 4 rings (SSSR count). The summed E-state index contributed by atoms with van der Waals surface area (Å²) >= 11 is 0. The van der Waals surface area contributed by atoms with Crippen LogP contribution < -0.4 is 4.74 Å². The quantitative estimate of drug-likeness (QED) is 0.802. The van der Waals surface area contributed by atoms with Crippen molar-refractivity contribution in [3.05, 3.63) is 41.9 Å². The third-order valence-corrected chi connectivity index (χ3v) is 3.70. The largest absolute Gasteiger partial charge is 0.424 e. The summed E-state index contributed by atoms with van der Waals surface area (Å²) < 4.78 is 5.78. The van der Waals surface area contributed by atoms with Crippen molar-refractivity contribution in [1.29, 1.82) is 0 Å². The highest BCUT2D eigenvalue weighted by atomic mass is 16.5. The Morgan fingerprint density at radius 2 is 2.17 bits per heavy atom. The van der Waals surface area contributed by atoms with Gasteiger partial charge in [-0.05, 0) is 19.1 Å². The van der Waals surface area contributed by atoms with Crippen LogP contribution in [-0.2, 0) is 0 Å². The van der Waals surface area contributed by atoms with E-state index in [1.54, 1.807) is 6.20 Å². The van der Waals surface area contributed by atoms with Crippen LogP contribution in [0.3, 0.4) is 0 Å². The van der Waals surface area contributed by atoms with E-state index in [2.05, 4.69) is 29.8 Å². The number of imidazole rings is 1. The second-order valence-electron chi connectivity index (χ2n) is 5.47. The number of nitrogens with one attached hydrogen (secondary N) is 1. The Kier molecular flexibility index (Phi) is 3.18. The number of benzene rings is 1. The van der Waals surface area contributed by atoms with E-state index < -0.39 is 0 Å². The molecule has 0 radical (unpaired) electrons. The zero-order valence-electron chi connectivity index (χ0n) is 12.9. The summed E-state index contributed by atoms with van der Waals surface area (Å²) in [6.07, 6.45) is 1.68. The Balaban J connectivity index is 1.62. The van der Waals surface area contributed by atoms with E-state index in [1.807, 2.05) is 38.2 Å². The molecule has 1 aromatic carbocycles. The summed E-state index contributed by atoms with van der Waals surface area (Å²) in [5.41, 5.74) is 2.42. The molecule has 0 saturated carbocycles. The standard InChI is InChI=1S/C16H16N6O/c1-10-19-13-9-18-16(21-14(13)20-10)23-12-5-3-4-11(8-12)15-17-6-7-22(15)2/h3-5,8-9H,6-7H2,1-2H3,(H,18,19,20,21). The fourth-order valence-corrected chi connectivity index (χ4v) is 2.61. The predicted molar refractivity (Wildman–Crippen MR) is 87.0 cm³/mol. The van der Waals surface area contributed by atoms with Crippen molar-refractivity contribution >= 4 is 17.0 Å². The molecule has 2 aromatic heterocycles. The summed E-state index contributed by atoms with van der Waals surface area (Å²) in [6, 6.07) is 8.07. The van der Waals surface area contributed by atoms with Crippen LogP contribution in [0.4, 0.5) is 0 Å². The summed E-state index contributed by atoms with van der Waals surface area (Å²) in [5, 5.41) is 0. The maximum Gasteiger partial charge on any atom is 0.324 e. The average Bonchev–Trinajstić information content (AvgIpc) is 3.12. The number of nitrogens with zero attached hydrogens (tertiary/aromatic N) is 5. The van der Waals surface area contributed by atoms with Crippen molar-refractivity contribution in [3.8, 4) is 11.8 Å². The molecule has 0 fully saturated rings. The second kappa shape index (κ2) is 5.35. The number of aromatic amines is 1. The van der Waals surface area contributed by atoms with Gasteiger partial charge in [0.2, 0.25) is 0 Å². The molecule has 1 aliphatic heterocycles. The van der Waals surface area contributed by atoms with Gasteiger partial charge in [-0.15, -0.1) is 0 Å². The number of amidine groups is 1. The van der Waals surface area contributed by atoms with E-state index in [0.29, 0.717) is 11.4 Å². The fourth-order valence-electron chi connectivity index (χ4n) is 2.61. The van der Waals surface area contributed by atoms with E-state index in [0.717, 1.165) is 35.8 Å². The number of aryl methyl sites for hydroxylation is 1. The molecular weight excluding hydrogens is 292 g/mol. The van der Waals surface area contributed by atoms with Crippen LogP contribution in [0.1, 0.15) is 11.4 Å². The Labute approximate surface area is 133 Å². The third kappa shape index (κ3) is 2.61. The van der Waals surface area contributed by atoms with Gasteiger partial charge in [0.05, 0.1) is 12.7 Å². The molecule has 0 aliphatic carbocycles. The Bertz CT molecular complexity index is 900. The van der Waals surface area contributed by atoms with Crippen molar-refractivity contribution in [2.24, 2.45) is 4.99 Å². The van der Waals surface area contributed by atoms with E-state index >= 15 is 0 Å².